The molecule has 1 aromatic rings. The quantitative estimate of drug-likeness (QED) is 0.765. The first kappa shape index (κ1) is 13.3. The Kier molecular flexibility index (Phi) is 4.32. The van der Waals surface area contributed by atoms with Gasteiger partial charge in [-0.3, -0.25) is 0 Å². The Balaban J connectivity index is 2.53. The van der Waals surface area contributed by atoms with Crippen LogP contribution in [0.15, 0.2) is 12.3 Å². The molecule has 0 saturated carbocycles. The Labute approximate surface area is 96.8 Å². The first-order chi connectivity index (χ1) is 7.94. The number of alkyl halides is 3. The number of rotatable bonds is 4. The summed E-state index contributed by atoms with van der Waals surface area (Å²) in [6, 6.07) is 3.55. The van der Waals surface area contributed by atoms with Crippen LogP contribution in [0.1, 0.15) is 24.0 Å². The highest BCUT2D eigenvalue weighted by atomic mass is 19.4. The summed E-state index contributed by atoms with van der Waals surface area (Å²) >= 11 is 0. The molecule has 1 rings (SSSR count). The molecule has 1 heterocycles. The number of hydrogen-bond acceptors (Lipinski definition) is 3. The number of halogens is 3. The van der Waals surface area contributed by atoms with Crippen molar-refractivity contribution in [2.75, 3.05) is 6.61 Å². The monoisotopic (exact) mass is 244 g/mol. The van der Waals surface area contributed by atoms with E-state index >= 15 is 0 Å². The third-order valence-electron chi connectivity index (χ3n) is 2.08. The van der Waals surface area contributed by atoms with Gasteiger partial charge in [0.2, 0.25) is 5.88 Å². The third-order valence-corrected chi connectivity index (χ3v) is 2.08. The topological polar surface area (TPSA) is 45.9 Å². The van der Waals surface area contributed by atoms with Crippen LogP contribution in [0.5, 0.6) is 5.88 Å². The summed E-state index contributed by atoms with van der Waals surface area (Å²) in [4.78, 5) is 3.82. The van der Waals surface area contributed by atoms with E-state index in [-0.39, 0.29) is 24.5 Å². The predicted molar refractivity (Wildman–Crippen MR) is 54.5 cm³/mol. The van der Waals surface area contributed by atoms with Gasteiger partial charge in [0.1, 0.15) is 11.6 Å². The van der Waals surface area contributed by atoms with Crippen LogP contribution in [0, 0.1) is 18.3 Å². The Morgan fingerprint density at radius 1 is 1.47 bits per heavy atom. The van der Waals surface area contributed by atoms with Gasteiger partial charge in [-0.05, 0) is 25.0 Å². The van der Waals surface area contributed by atoms with Crippen LogP contribution in [-0.4, -0.2) is 17.8 Å². The normalized spacial score (nSPS) is 11.0. The van der Waals surface area contributed by atoms with Gasteiger partial charge in [0.15, 0.2) is 0 Å². The summed E-state index contributed by atoms with van der Waals surface area (Å²) in [5, 5.41) is 8.84. The lowest BCUT2D eigenvalue weighted by atomic mass is 10.2. The number of nitrogens with zero attached hydrogens (tertiary/aromatic N) is 2. The molecular weight excluding hydrogens is 233 g/mol. The van der Waals surface area contributed by atoms with Crippen molar-refractivity contribution in [2.24, 2.45) is 0 Å². The molecule has 0 saturated heterocycles. The standard InChI is InChI=1S/C11H11F3N2O/c1-8-3-5-16-10(9(8)7-15)17-6-2-4-11(12,13)14/h3,5H,2,4,6H2,1H3. The molecule has 0 aliphatic rings. The molecule has 17 heavy (non-hydrogen) atoms. The summed E-state index contributed by atoms with van der Waals surface area (Å²) in [5.74, 6) is 0.0923. The average molecular weight is 244 g/mol. The highest BCUT2D eigenvalue weighted by Crippen LogP contribution is 2.22. The lowest BCUT2D eigenvalue weighted by Gasteiger charge is -2.09. The van der Waals surface area contributed by atoms with E-state index < -0.39 is 12.6 Å². The zero-order valence-corrected chi connectivity index (χ0v) is 9.21. The molecule has 0 aliphatic carbocycles. The van der Waals surface area contributed by atoms with Crippen LogP contribution < -0.4 is 4.74 Å². The maximum absolute atomic E-state index is 11.9. The lowest BCUT2D eigenvalue weighted by molar-refractivity contribution is -0.136. The molecule has 0 fully saturated rings. The Bertz CT molecular complexity index is 424. The van der Waals surface area contributed by atoms with Crippen LogP contribution in [0.4, 0.5) is 13.2 Å². The van der Waals surface area contributed by atoms with Crippen molar-refractivity contribution in [3.8, 4) is 11.9 Å². The zero-order valence-electron chi connectivity index (χ0n) is 9.21. The van der Waals surface area contributed by atoms with E-state index in [0.29, 0.717) is 5.56 Å². The fourth-order valence-corrected chi connectivity index (χ4v) is 1.22. The second-order valence-electron chi connectivity index (χ2n) is 3.49. The van der Waals surface area contributed by atoms with E-state index in [1.165, 1.54) is 6.20 Å². The van der Waals surface area contributed by atoms with E-state index in [4.69, 9.17) is 10.00 Å². The fourth-order valence-electron chi connectivity index (χ4n) is 1.22. The minimum absolute atomic E-state index is 0.0923. The van der Waals surface area contributed by atoms with Gasteiger partial charge in [-0.2, -0.15) is 18.4 Å². The van der Waals surface area contributed by atoms with E-state index in [1.807, 2.05) is 6.07 Å². The first-order valence-corrected chi connectivity index (χ1v) is 4.99. The molecule has 0 aromatic carbocycles. The molecule has 1 aromatic heterocycles. The van der Waals surface area contributed by atoms with Gasteiger partial charge in [0.05, 0.1) is 6.61 Å². The molecule has 0 N–H and O–H groups in total. The third kappa shape index (κ3) is 4.31. The fraction of sp³-hybridized carbons (Fsp3) is 0.455. The number of nitriles is 1. The van der Waals surface area contributed by atoms with Crippen molar-refractivity contribution in [3.05, 3.63) is 23.4 Å². The van der Waals surface area contributed by atoms with Gasteiger partial charge in [-0.25, -0.2) is 4.98 Å². The molecule has 0 bridgehead atoms. The minimum Gasteiger partial charge on any atom is -0.477 e. The number of aryl methyl sites for hydroxylation is 1. The second kappa shape index (κ2) is 5.53. The largest absolute Gasteiger partial charge is 0.477 e. The van der Waals surface area contributed by atoms with E-state index in [1.54, 1.807) is 13.0 Å². The Morgan fingerprint density at radius 3 is 2.76 bits per heavy atom. The van der Waals surface area contributed by atoms with Gasteiger partial charge in [-0.1, -0.05) is 0 Å². The Hall–Kier alpha value is -1.77. The highest BCUT2D eigenvalue weighted by molar-refractivity contribution is 5.43. The summed E-state index contributed by atoms with van der Waals surface area (Å²) < 4.78 is 40.7. The molecule has 92 valence electrons. The predicted octanol–water partition coefficient (Wildman–Crippen LogP) is 2.98. The van der Waals surface area contributed by atoms with Crippen LogP contribution in [0.3, 0.4) is 0 Å². The number of pyridine rings is 1. The van der Waals surface area contributed by atoms with E-state index in [2.05, 4.69) is 4.98 Å². The minimum atomic E-state index is -4.18. The van der Waals surface area contributed by atoms with Gasteiger partial charge < -0.3 is 4.74 Å². The molecule has 0 spiro atoms. The number of ether oxygens (including phenoxy) is 1. The summed E-state index contributed by atoms with van der Waals surface area (Å²) in [5.41, 5.74) is 0.952. The Morgan fingerprint density at radius 2 is 2.18 bits per heavy atom. The van der Waals surface area contributed by atoms with Crippen molar-refractivity contribution < 1.29 is 17.9 Å². The van der Waals surface area contributed by atoms with Gasteiger partial charge >= 0.3 is 6.18 Å². The van der Waals surface area contributed by atoms with E-state index in [0.717, 1.165) is 0 Å². The van der Waals surface area contributed by atoms with Crippen LogP contribution in [-0.2, 0) is 0 Å². The van der Waals surface area contributed by atoms with Crippen LogP contribution >= 0.6 is 0 Å². The SMILES string of the molecule is Cc1ccnc(OCCCC(F)(F)F)c1C#N. The summed E-state index contributed by atoms with van der Waals surface area (Å²) in [6.45, 7) is 1.60. The van der Waals surface area contributed by atoms with Crippen molar-refractivity contribution in [1.82, 2.24) is 4.98 Å². The zero-order chi connectivity index (χ0) is 12.9. The first-order valence-electron chi connectivity index (χ1n) is 4.99. The van der Waals surface area contributed by atoms with Crippen molar-refractivity contribution >= 4 is 0 Å². The maximum atomic E-state index is 11.9. The van der Waals surface area contributed by atoms with Crippen molar-refractivity contribution in [3.63, 3.8) is 0 Å². The van der Waals surface area contributed by atoms with Gasteiger partial charge in [0, 0.05) is 12.6 Å². The van der Waals surface area contributed by atoms with E-state index in [9.17, 15) is 13.2 Å². The number of hydrogen-bond donors (Lipinski definition) is 0. The molecule has 0 aliphatic heterocycles. The highest BCUT2D eigenvalue weighted by Gasteiger charge is 2.26. The van der Waals surface area contributed by atoms with Crippen LogP contribution in [0.25, 0.3) is 0 Å². The lowest BCUT2D eigenvalue weighted by Crippen LogP contribution is -2.10. The maximum Gasteiger partial charge on any atom is 0.389 e. The molecule has 6 heteroatoms. The van der Waals surface area contributed by atoms with Crippen molar-refractivity contribution in [1.29, 1.82) is 5.26 Å². The molecule has 0 amide bonds. The molecule has 0 radical (unpaired) electrons. The molecule has 3 nitrogen and oxygen atoms in total. The second-order valence-corrected chi connectivity index (χ2v) is 3.49. The molecular formula is C11H11F3N2O. The van der Waals surface area contributed by atoms with Crippen LogP contribution in [0.2, 0.25) is 0 Å². The smallest absolute Gasteiger partial charge is 0.389 e. The summed E-state index contributed by atoms with van der Waals surface area (Å²) in [6.07, 6.45) is -3.78. The number of aromatic nitrogens is 1. The summed E-state index contributed by atoms with van der Waals surface area (Å²) in [7, 11) is 0. The molecule has 0 atom stereocenters. The van der Waals surface area contributed by atoms with Crippen molar-refractivity contribution in [2.45, 2.75) is 25.9 Å². The average Bonchev–Trinajstić information content (AvgIpc) is 2.23. The molecule has 0 unspecified atom stereocenters. The van der Waals surface area contributed by atoms with Gasteiger partial charge in [-0.15, -0.1) is 0 Å². The van der Waals surface area contributed by atoms with Gasteiger partial charge in [0.25, 0.3) is 0 Å².